The van der Waals surface area contributed by atoms with Crippen LogP contribution in [0.1, 0.15) is 64.5 Å². The molecule has 0 bridgehead atoms. The molecule has 2 fully saturated rings. The van der Waals surface area contributed by atoms with Gasteiger partial charge in [-0.3, -0.25) is 14.7 Å². The van der Waals surface area contributed by atoms with Crippen molar-refractivity contribution in [3.05, 3.63) is 58.4 Å². The minimum absolute atomic E-state index is 0.101. The molecule has 190 valence electrons. The van der Waals surface area contributed by atoms with E-state index >= 15 is 0 Å². The number of piperazine rings is 1. The Morgan fingerprint density at radius 1 is 1.14 bits per heavy atom. The third-order valence-electron chi connectivity index (χ3n) is 7.23. The van der Waals surface area contributed by atoms with Crippen molar-refractivity contribution in [1.29, 1.82) is 0 Å². The number of ether oxygens (including phenoxy) is 1. The second-order valence-corrected chi connectivity index (χ2v) is 9.35. The zero-order valence-corrected chi connectivity index (χ0v) is 20.1. The quantitative estimate of drug-likeness (QED) is 0.602. The van der Waals surface area contributed by atoms with Gasteiger partial charge in [0.05, 0.1) is 12.2 Å². The summed E-state index contributed by atoms with van der Waals surface area (Å²) >= 11 is 0. The number of rotatable bonds is 6. The summed E-state index contributed by atoms with van der Waals surface area (Å²) in [6, 6.07) is 6.68. The molecule has 35 heavy (non-hydrogen) atoms. The molecule has 9 heteroatoms. The van der Waals surface area contributed by atoms with E-state index in [0.29, 0.717) is 32.7 Å². The molecule has 1 aromatic carbocycles. The first-order valence-corrected chi connectivity index (χ1v) is 12.1. The standard InChI is InChI=1S/C26H32F3N3O3/c1-17-18(2)23(35-14-4-13-33)9-8-21(17)22-6-3-5-20-16-31(11-12-32(20)22)25(34)19-7-10-24(30-15-19)26(27,28)29/h7-10,15,20,22,33H,3-6,11-14,16H2,1-2H3/t20?,22-/m1/s1. The van der Waals surface area contributed by atoms with Crippen molar-refractivity contribution in [1.82, 2.24) is 14.8 Å². The second-order valence-electron chi connectivity index (χ2n) is 9.35. The second kappa shape index (κ2) is 10.5. The molecular formula is C26H32F3N3O3. The van der Waals surface area contributed by atoms with Crippen LogP contribution in [0.15, 0.2) is 30.5 Å². The van der Waals surface area contributed by atoms with Gasteiger partial charge in [0.25, 0.3) is 5.91 Å². The molecule has 4 rings (SSSR count). The van der Waals surface area contributed by atoms with E-state index in [-0.39, 0.29) is 30.2 Å². The van der Waals surface area contributed by atoms with Crippen molar-refractivity contribution >= 4 is 5.91 Å². The smallest absolute Gasteiger partial charge is 0.433 e. The van der Waals surface area contributed by atoms with Crippen molar-refractivity contribution in [2.24, 2.45) is 0 Å². The van der Waals surface area contributed by atoms with Gasteiger partial charge in [0.2, 0.25) is 0 Å². The summed E-state index contributed by atoms with van der Waals surface area (Å²) in [5.41, 5.74) is 2.76. The fourth-order valence-corrected chi connectivity index (χ4v) is 5.22. The van der Waals surface area contributed by atoms with Crippen molar-refractivity contribution < 1.29 is 27.8 Å². The highest BCUT2D eigenvalue weighted by molar-refractivity contribution is 5.94. The van der Waals surface area contributed by atoms with Crippen molar-refractivity contribution in [2.45, 2.75) is 57.8 Å². The molecule has 0 radical (unpaired) electrons. The molecule has 2 saturated heterocycles. The minimum Gasteiger partial charge on any atom is -0.493 e. The fourth-order valence-electron chi connectivity index (χ4n) is 5.22. The summed E-state index contributed by atoms with van der Waals surface area (Å²) in [6.07, 6.45) is 0.158. The van der Waals surface area contributed by atoms with E-state index in [1.54, 1.807) is 4.90 Å². The number of hydrogen-bond acceptors (Lipinski definition) is 5. The van der Waals surface area contributed by atoms with Crippen LogP contribution in [0.2, 0.25) is 0 Å². The number of aliphatic hydroxyl groups is 1. The van der Waals surface area contributed by atoms with Crippen molar-refractivity contribution in [3.8, 4) is 5.75 Å². The molecular weight excluding hydrogens is 459 g/mol. The number of alkyl halides is 3. The van der Waals surface area contributed by atoms with E-state index in [1.165, 1.54) is 17.2 Å². The summed E-state index contributed by atoms with van der Waals surface area (Å²) in [6.45, 7) is 6.54. The number of carbonyl (C=O) groups is 1. The number of benzene rings is 1. The maximum Gasteiger partial charge on any atom is 0.433 e. The number of pyridine rings is 1. The predicted molar refractivity (Wildman–Crippen MR) is 125 cm³/mol. The van der Waals surface area contributed by atoms with E-state index in [2.05, 4.69) is 29.8 Å². The lowest BCUT2D eigenvalue weighted by Gasteiger charge is -2.48. The van der Waals surface area contributed by atoms with Gasteiger partial charge in [-0.05, 0) is 68.0 Å². The van der Waals surface area contributed by atoms with Crippen LogP contribution in [0.4, 0.5) is 13.2 Å². The number of amides is 1. The Bertz CT molecular complexity index is 1040. The highest BCUT2D eigenvalue weighted by Gasteiger charge is 2.38. The molecule has 6 nitrogen and oxygen atoms in total. The third kappa shape index (κ3) is 5.46. The number of hydrogen-bond donors (Lipinski definition) is 1. The lowest BCUT2D eigenvalue weighted by atomic mass is 9.86. The van der Waals surface area contributed by atoms with Crippen LogP contribution in [0, 0.1) is 13.8 Å². The van der Waals surface area contributed by atoms with Gasteiger partial charge in [-0.1, -0.05) is 6.07 Å². The molecule has 3 heterocycles. The van der Waals surface area contributed by atoms with Gasteiger partial charge in [-0.25, -0.2) is 0 Å². The van der Waals surface area contributed by atoms with Crippen LogP contribution in [-0.4, -0.2) is 64.7 Å². The number of aliphatic hydroxyl groups excluding tert-OH is 1. The topological polar surface area (TPSA) is 65.9 Å². The zero-order valence-electron chi connectivity index (χ0n) is 20.1. The first-order valence-electron chi connectivity index (χ1n) is 12.1. The molecule has 0 aliphatic carbocycles. The zero-order chi connectivity index (χ0) is 25.2. The normalized spacial score (nSPS) is 21.0. The van der Waals surface area contributed by atoms with Gasteiger partial charge in [-0.2, -0.15) is 13.2 Å². The summed E-state index contributed by atoms with van der Waals surface area (Å²) < 4.78 is 44.2. The van der Waals surface area contributed by atoms with E-state index in [4.69, 9.17) is 9.84 Å². The number of fused-ring (bicyclic) bond motifs is 1. The summed E-state index contributed by atoms with van der Waals surface area (Å²) in [5.74, 6) is 0.567. The molecule has 2 aliphatic heterocycles. The summed E-state index contributed by atoms with van der Waals surface area (Å²) in [5, 5.41) is 9.00. The molecule has 1 unspecified atom stereocenters. The molecule has 2 aliphatic rings. The van der Waals surface area contributed by atoms with E-state index in [1.807, 2.05) is 6.07 Å². The highest BCUT2D eigenvalue weighted by atomic mass is 19.4. The Morgan fingerprint density at radius 2 is 1.94 bits per heavy atom. The van der Waals surface area contributed by atoms with Gasteiger partial charge in [0.15, 0.2) is 0 Å². The monoisotopic (exact) mass is 491 g/mol. The lowest BCUT2D eigenvalue weighted by molar-refractivity contribution is -0.141. The first kappa shape index (κ1) is 25.4. The van der Waals surface area contributed by atoms with Crippen molar-refractivity contribution in [3.63, 3.8) is 0 Å². The molecule has 0 saturated carbocycles. The number of aromatic nitrogens is 1. The third-order valence-corrected chi connectivity index (χ3v) is 7.23. The SMILES string of the molecule is Cc1c(OCCCO)ccc([C@H]2CCCC3CN(C(=O)c4ccc(C(F)(F)F)nc4)CCN32)c1C. The lowest BCUT2D eigenvalue weighted by Crippen LogP contribution is -2.57. The number of halogens is 3. The van der Waals surface area contributed by atoms with Gasteiger partial charge >= 0.3 is 6.18 Å². The Balaban J connectivity index is 1.45. The van der Waals surface area contributed by atoms with Gasteiger partial charge in [0.1, 0.15) is 11.4 Å². The number of nitrogens with zero attached hydrogens (tertiary/aromatic N) is 3. The van der Waals surface area contributed by atoms with Crippen LogP contribution in [0.25, 0.3) is 0 Å². The largest absolute Gasteiger partial charge is 0.493 e. The number of carbonyl (C=O) groups excluding carboxylic acids is 1. The molecule has 2 atom stereocenters. The minimum atomic E-state index is -4.52. The maximum atomic E-state index is 13.0. The van der Waals surface area contributed by atoms with Gasteiger partial charge in [0, 0.05) is 50.9 Å². The summed E-state index contributed by atoms with van der Waals surface area (Å²) in [4.78, 5) is 20.6. The van der Waals surface area contributed by atoms with Crippen LogP contribution < -0.4 is 4.74 Å². The Labute approximate surface area is 203 Å². The van der Waals surface area contributed by atoms with E-state index < -0.39 is 11.9 Å². The Kier molecular flexibility index (Phi) is 7.66. The first-order chi connectivity index (χ1) is 16.7. The predicted octanol–water partition coefficient (Wildman–Crippen LogP) is 4.53. The number of piperidine rings is 1. The molecule has 0 spiro atoms. The van der Waals surface area contributed by atoms with E-state index in [9.17, 15) is 18.0 Å². The van der Waals surface area contributed by atoms with Crippen molar-refractivity contribution in [2.75, 3.05) is 32.8 Å². The molecule has 1 N–H and O–H groups in total. The van der Waals surface area contributed by atoms with Crippen LogP contribution >= 0.6 is 0 Å². The average Bonchev–Trinajstić information content (AvgIpc) is 2.85. The molecule has 2 aromatic rings. The summed E-state index contributed by atoms with van der Waals surface area (Å²) in [7, 11) is 0. The maximum absolute atomic E-state index is 13.0. The van der Waals surface area contributed by atoms with Crippen LogP contribution in [-0.2, 0) is 6.18 Å². The van der Waals surface area contributed by atoms with Crippen LogP contribution in [0.3, 0.4) is 0 Å². The Morgan fingerprint density at radius 3 is 2.63 bits per heavy atom. The van der Waals surface area contributed by atoms with Gasteiger partial charge in [-0.15, -0.1) is 0 Å². The van der Waals surface area contributed by atoms with Gasteiger partial charge < -0.3 is 14.7 Å². The van der Waals surface area contributed by atoms with Crippen LogP contribution in [0.5, 0.6) is 5.75 Å². The average molecular weight is 492 g/mol. The molecule has 1 aromatic heterocycles. The highest BCUT2D eigenvalue weighted by Crippen LogP contribution is 2.39. The molecule has 1 amide bonds. The van der Waals surface area contributed by atoms with E-state index in [0.717, 1.165) is 42.8 Å². The fraction of sp³-hybridized carbons (Fsp3) is 0.538. The Hall–Kier alpha value is -2.65.